The topological polar surface area (TPSA) is 48.6 Å². The van der Waals surface area contributed by atoms with E-state index in [1.54, 1.807) is 12.1 Å². The van der Waals surface area contributed by atoms with Gasteiger partial charge in [0.05, 0.1) is 6.07 Å². The number of ether oxygens (including phenoxy) is 1. The number of hydrogen-bond acceptors (Lipinski definition) is 4. The Balaban J connectivity index is 1.95. The predicted molar refractivity (Wildman–Crippen MR) is 84.7 cm³/mol. The predicted octanol–water partition coefficient (Wildman–Crippen LogP) is 3.78. The van der Waals surface area contributed by atoms with Gasteiger partial charge in [0.1, 0.15) is 5.75 Å². The van der Waals surface area contributed by atoms with Gasteiger partial charge in [0.2, 0.25) is 0 Å². The fourth-order valence-corrected chi connectivity index (χ4v) is 3.08. The molecule has 1 saturated heterocycles. The first-order valence-corrected chi connectivity index (χ1v) is 7.72. The molecule has 0 radical (unpaired) electrons. The normalized spacial score (nSPS) is 17.9. The highest BCUT2D eigenvalue weighted by Gasteiger charge is 2.34. The minimum atomic E-state index is -4.68. The van der Waals surface area contributed by atoms with E-state index in [9.17, 15) is 13.2 Å². The van der Waals surface area contributed by atoms with Crippen LogP contribution in [0.4, 0.5) is 13.2 Å². The average Bonchev–Trinajstić information content (AvgIpc) is 2.49. The van der Waals surface area contributed by atoms with Crippen molar-refractivity contribution >= 4 is 6.72 Å². The van der Waals surface area contributed by atoms with Gasteiger partial charge in [-0.15, -0.1) is 13.2 Å². The number of nitrogens with zero attached hydrogens (tertiary/aromatic N) is 3. The lowest BCUT2D eigenvalue weighted by atomic mass is 9.76. The molecule has 0 N–H and O–H groups in total. The van der Waals surface area contributed by atoms with E-state index in [4.69, 9.17) is 5.26 Å². The largest absolute Gasteiger partial charge is 0.573 e. The molecule has 1 aliphatic rings. The van der Waals surface area contributed by atoms with Crippen LogP contribution in [0.2, 0.25) is 0 Å². The molecule has 0 aromatic heterocycles. The Bertz CT molecular complexity index is 602. The molecule has 0 amide bonds. The molecule has 1 aromatic rings. The van der Waals surface area contributed by atoms with Crippen LogP contribution in [-0.4, -0.2) is 37.6 Å². The molecule has 1 aromatic carbocycles. The molecule has 0 spiro atoms. The van der Waals surface area contributed by atoms with Crippen LogP contribution >= 0.6 is 0 Å². The number of nitriles is 1. The van der Waals surface area contributed by atoms with Crippen LogP contribution in [0, 0.1) is 16.7 Å². The highest BCUT2D eigenvalue weighted by Crippen LogP contribution is 2.35. The highest BCUT2D eigenvalue weighted by molar-refractivity contribution is 5.28. The van der Waals surface area contributed by atoms with Crippen molar-refractivity contribution in [2.24, 2.45) is 10.4 Å². The van der Waals surface area contributed by atoms with Crippen LogP contribution in [-0.2, 0) is 6.54 Å². The summed E-state index contributed by atoms with van der Waals surface area (Å²) in [4.78, 5) is 6.13. The van der Waals surface area contributed by atoms with Gasteiger partial charge < -0.3 is 9.73 Å². The number of hydrogen-bond donors (Lipinski definition) is 0. The van der Waals surface area contributed by atoms with Crippen LogP contribution in [0.5, 0.6) is 5.75 Å². The summed E-state index contributed by atoms with van der Waals surface area (Å²) >= 11 is 0. The van der Waals surface area contributed by atoms with Crippen molar-refractivity contribution in [1.82, 2.24) is 4.90 Å². The average molecular weight is 339 g/mol. The van der Waals surface area contributed by atoms with E-state index >= 15 is 0 Å². The minimum absolute atomic E-state index is 0.117. The van der Waals surface area contributed by atoms with Gasteiger partial charge in [-0.1, -0.05) is 12.1 Å². The van der Waals surface area contributed by atoms with E-state index in [2.05, 4.69) is 27.4 Å². The van der Waals surface area contributed by atoms with E-state index < -0.39 is 6.36 Å². The first-order valence-electron chi connectivity index (χ1n) is 7.72. The van der Waals surface area contributed by atoms with Crippen molar-refractivity contribution in [3.8, 4) is 11.8 Å². The monoisotopic (exact) mass is 339 g/mol. The van der Waals surface area contributed by atoms with Crippen molar-refractivity contribution < 1.29 is 17.9 Å². The van der Waals surface area contributed by atoms with Crippen LogP contribution in [0.1, 0.15) is 24.8 Å². The lowest BCUT2D eigenvalue weighted by molar-refractivity contribution is -0.274. The van der Waals surface area contributed by atoms with E-state index in [1.165, 1.54) is 12.1 Å². The van der Waals surface area contributed by atoms with Crippen LogP contribution in [0.15, 0.2) is 29.3 Å². The summed E-state index contributed by atoms with van der Waals surface area (Å²) in [7, 11) is 0. The number of piperidine rings is 1. The summed E-state index contributed by atoms with van der Waals surface area (Å²) in [6.45, 7) is 6.22. The van der Waals surface area contributed by atoms with Gasteiger partial charge in [-0.05, 0) is 50.3 Å². The molecule has 0 saturated carbocycles. The molecule has 1 fully saturated rings. The fourth-order valence-electron chi connectivity index (χ4n) is 3.08. The summed E-state index contributed by atoms with van der Waals surface area (Å²) in [6.07, 6.45) is -2.57. The quantitative estimate of drug-likeness (QED) is 0.741. The molecule has 0 bridgehead atoms. The van der Waals surface area contributed by atoms with Crippen molar-refractivity contribution in [3.63, 3.8) is 0 Å². The van der Waals surface area contributed by atoms with Gasteiger partial charge in [-0.2, -0.15) is 5.26 Å². The SMILES string of the molecule is C=NCC1(CC#N)CCN(Cc2cccc(OC(F)(F)F)c2)CC1. The minimum Gasteiger partial charge on any atom is -0.406 e. The first-order chi connectivity index (χ1) is 11.4. The van der Waals surface area contributed by atoms with Gasteiger partial charge in [0.25, 0.3) is 0 Å². The summed E-state index contributed by atoms with van der Waals surface area (Å²) in [6, 6.07) is 8.27. The second-order valence-electron chi connectivity index (χ2n) is 6.19. The van der Waals surface area contributed by atoms with Crippen molar-refractivity contribution in [1.29, 1.82) is 5.26 Å². The zero-order chi connectivity index (χ0) is 17.6. The lowest BCUT2D eigenvalue weighted by Crippen LogP contribution is -2.41. The van der Waals surface area contributed by atoms with Crippen LogP contribution in [0.25, 0.3) is 0 Å². The molecule has 0 atom stereocenters. The number of aliphatic imine (C=N–C) groups is 1. The molecule has 0 aliphatic carbocycles. The Morgan fingerprint density at radius 3 is 2.62 bits per heavy atom. The van der Waals surface area contributed by atoms with Gasteiger partial charge >= 0.3 is 6.36 Å². The zero-order valence-electron chi connectivity index (χ0n) is 13.4. The van der Waals surface area contributed by atoms with Gasteiger partial charge in [0, 0.05) is 24.9 Å². The van der Waals surface area contributed by atoms with Gasteiger partial charge in [-0.25, -0.2) is 0 Å². The second-order valence-corrected chi connectivity index (χ2v) is 6.19. The van der Waals surface area contributed by atoms with E-state index in [-0.39, 0.29) is 11.2 Å². The molecular formula is C17H20F3N3O. The number of likely N-dealkylation sites (tertiary alicyclic amines) is 1. The Kier molecular flexibility index (Phi) is 5.84. The fraction of sp³-hybridized carbons (Fsp3) is 0.529. The molecule has 7 heteroatoms. The third-order valence-corrected chi connectivity index (χ3v) is 4.36. The maximum atomic E-state index is 12.3. The summed E-state index contributed by atoms with van der Waals surface area (Å²) < 4.78 is 40.8. The van der Waals surface area contributed by atoms with Gasteiger partial charge in [-0.3, -0.25) is 4.90 Å². The van der Waals surface area contributed by atoms with E-state index in [0.29, 0.717) is 19.5 Å². The molecular weight excluding hydrogens is 319 g/mol. The summed E-state index contributed by atoms with van der Waals surface area (Å²) in [5, 5.41) is 9.00. The number of rotatable bonds is 6. The summed E-state index contributed by atoms with van der Waals surface area (Å²) in [5.41, 5.74) is 0.653. The van der Waals surface area contributed by atoms with Crippen molar-refractivity contribution in [2.45, 2.75) is 32.2 Å². The maximum Gasteiger partial charge on any atom is 0.573 e. The Hall–Kier alpha value is -2.07. The first kappa shape index (κ1) is 18.3. The third-order valence-electron chi connectivity index (χ3n) is 4.36. The molecule has 24 heavy (non-hydrogen) atoms. The van der Waals surface area contributed by atoms with Crippen molar-refractivity contribution in [2.75, 3.05) is 19.6 Å². The van der Waals surface area contributed by atoms with Crippen molar-refractivity contribution in [3.05, 3.63) is 29.8 Å². The molecule has 0 unspecified atom stereocenters. The Morgan fingerprint density at radius 1 is 1.33 bits per heavy atom. The van der Waals surface area contributed by atoms with Crippen LogP contribution in [0.3, 0.4) is 0 Å². The third kappa shape index (κ3) is 5.24. The maximum absolute atomic E-state index is 12.3. The van der Waals surface area contributed by atoms with Gasteiger partial charge in [0.15, 0.2) is 0 Å². The zero-order valence-corrected chi connectivity index (χ0v) is 13.4. The van der Waals surface area contributed by atoms with Crippen LogP contribution < -0.4 is 4.74 Å². The van der Waals surface area contributed by atoms with E-state index in [0.717, 1.165) is 31.5 Å². The molecule has 2 rings (SSSR count). The molecule has 130 valence electrons. The summed E-state index contributed by atoms with van der Waals surface area (Å²) in [5.74, 6) is -0.202. The second kappa shape index (κ2) is 7.67. The number of halogens is 3. The molecule has 4 nitrogen and oxygen atoms in total. The number of alkyl halides is 3. The lowest BCUT2D eigenvalue weighted by Gasteiger charge is -2.39. The highest BCUT2D eigenvalue weighted by atomic mass is 19.4. The van der Waals surface area contributed by atoms with E-state index in [1.807, 2.05) is 0 Å². The Labute approximate surface area is 139 Å². The molecule has 1 heterocycles. The Morgan fingerprint density at radius 2 is 2.04 bits per heavy atom. The molecule has 1 aliphatic heterocycles. The standard InChI is InChI=1S/C17H20F3N3O/c1-22-13-16(5-8-21)6-9-23(10-7-16)12-14-3-2-4-15(11-14)24-17(18,19)20/h2-4,11H,1,5-7,9-10,12-13H2. The smallest absolute Gasteiger partial charge is 0.406 e. The number of benzene rings is 1.